The van der Waals surface area contributed by atoms with Crippen molar-refractivity contribution in [2.75, 3.05) is 19.4 Å². The monoisotopic (exact) mass is 477 g/mol. The molecule has 35 heavy (non-hydrogen) atoms. The van der Waals surface area contributed by atoms with E-state index in [0.717, 1.165) is 12.8 Å². The molecule has 2 fully saturated rings. The summed E-state index contributed by atoms with van der Waals surface area (Å²) in [6, 6.07) is 3.40. The summed E-state index contributed by atoms with van der Waals surface area (Å²) in [5.74, 6) is -0.566. The summed E-state index contributed by atoms with van der Waals surface area (Å²) in [4.78, 5) is 47.7. The third-order valence-electron chi connectivity index (χ3n) is 7.14. The SMILES string of the molecule is CNC(=O)c1ccc(-c2cnn3c(N)c(C(C)=O)c(C4C[C@H]5CC[C@@H](C4)N5C(=O)CO)nc23)cn1. The first-order valence-electron chi connectivity index (χ1n) is 11.6. The Kier molecular flexibility index (Phi) is 5.72. The number of hydrogen-bond donors (Lipinski definition) is 3. The molecule has 0 aliphatic carbocycles. The number of amides is 2. The first-order chi connectivity index (χ1) is 16.8. The lowest BCUT2D eigenvalue weighted by Gasteiger charge is -2.39. The number of Topliss-reactive ketones (excluding diaryl/α,β-unsaturated/α-hetero) is 1. The number of aliphatic hydroxyl groups is 1. The maximum absolute atomic E-state index is 12.7. The largest absolute Gasteiger partial charge is 0.387 e. The van der Waals surface area contributed by atoms with Gasteiger partial charge in [-0.15, -0.1) is 0 Å². The zero-order valence-electron chi connectivity index (χ0n) is 19.6. The molecule has 0 radical (unpaired) electrons. The molecule has 2 bridgehead atoms. The molecule has 182 valence electrons. The molecule has 2 saturated heterocycles. The van der Waals surface area contributed by atoms with Crippen LogP contribution < -0.4 is 11.1 Å². The topological polar surface area (TPSA) is 156 Å². The van der Waals surface area contributed by atoms with E-state index in [-0.39, 0.29) is 41.4 Å². The molecule has 0 aromatic carbocycles. The van der Waals surface area contributed by atoms with Crippen molar-refractivity contribution in [2.24, 2.45) is 0 Å². The summed E-state index contributed by atoms with van der Waals surface area (Å²) in [6.45, 7) is 0.965. The average molecular weight is 478 g/mol. The Balaban J connectivity index is 1.58. The zero-order chi connectivity index (χ0) is 24.9. The molecular weight excluding hydrogens is 450 g/mol. The Morgan fingerprint density at radius 1 is 1.17 bits per heavy atom. The van der Waals surface area contributed by atoms with Gasteiger partial charge in [0.2, 0.25) is 5.91 Å². The number of aromatic nitrogens is 4. The first kappa shape index (κ1) is 22.9. The minimum absolute atomic E-state index is 0.00305. The van der Waals surface area contributed by atoms with Crippen LogP contribution >= 0.6 is 0 Å². The summed E-state index contributed by atoms with van der Waals surface area (Å²) < 4.78 is 1.46. The zero-order valence-corrected chi connectivity index (χ0v) is 19.6. The number of rotatable bonds is 5. The van der Waals surface area contributed by atoms with Crippen molar-refractivity contribution in [3.8, 4) is 11.1 Å². The molecule has 0 spiro atoms. The van der Waals surface area contributed by atoms with Crippen LogP contribution in [0.1, 0.15) is 65.1 Å². The lowest BCUT2D eigenvalue weighted by Crippen LogP contribution is -2.47. The van der Waals surface area contributed by atoms with Crippen LogP contribution in [-0.4, -0.2) is 72.9 Å². The Morgan fingerprint density at radius 2 is 1.89 bits per heavy atom. The molecule has 2 amide bonds. The van der Waals surface area contributed by atoms with Crippen LogP contribution in [0.3, 0.4) is 0 Å². The van der Waals surface area contributed by atoms with Crippen molar-refractivity contribution >= 4 is 29.1 Å². The van der Waals surface area contributed by atoms with Gasteiger partial charge in [-0.3, -0.25) is 19.4 Å². The van der Waals surface area contributed by atoms with Crippen molar-refractivity contribution < 1.29 is 19.5 Å². The molecule has 2 aliphatic heterocycles. The van der Waals surface area contributed by atoms with E-state index in [2.05, 4.69) is 15.4 Å². The second-order valence-electron chi connectivity index (χ2n) is 9.13. The van der Waals surface area contributed by atoms with E-state index in [0.29, 0.717) is 46.6 Å². The molecule has 3 aromatic rings. The lowest BCUT2D eigenvalue weighted by atomic mass is 9.85. The number of carbonyl (C=O) groups is 3. The number of pyridine rings is 1. The van der Waals surface area contributed by atoms with Gasteiger partial charge in [0.05, 0.1) is 17.5 Å². The highest BCUT2D eigenvalue weighted by molar-refractivity contribution is 6.00. The third-order valence-corrected chi connectivity index (χ3v) is 7.14. The summed E-state index contributed by atoms with van der Waals surface area (Å²) in [6.07, 6.45) is 6.23. The predicted octanol–water partition coefficient (Wildman–Crippen LogP) is 1.16. The minimum atomic E-state index is -0.501. The van der Waals surface area contributed by atoms with Gasteiger partial charge in [0.15, 0.2) is 11.4 Å². The molecule has 11 nitrogen and oxygen atoms in total. The van der Waals surface area contributed by atoms with Crippen LogP contribution in [0.15, 0.2) is 24.5 Å². The number of piperidine rings is 1. The number of nitrogens with one attached hydrogen (secondary N) is 1. The third kappa shape index (κ3) is 3.72. The van der Waals surface area contributed by atoms with E-state index in [1.165, 1.54) is 11.4 Å². The summed E-state index contributed by atoms with van der Waals surface area (Å²) in [5, 5.41) is 16.3. The fraction of sp³-hybridized carbons (Fsp3) is 0.417. The predicted molar refractivity (Wildman–Crippen MR) is 127 cm³/mol. The number of fused-ring (bicyclic) bond motifs is 3. The average Bonchev–Trinajstić information content (AvgIpc) is 3.41. The highest BCUT2D eigenvalue weighted by Crippen LogP contribution is 2.44. The molecule has 1 unspecified atom stereocenters. The van der Waals surface area contributed by atoms with Crippen LogP contribution in [0.5, 0.6) is 0 Å². The second-order valence-corrected chi connectivity index (χ2v) is 9.13. The van der Waals surface area contributed by atoms with Crippen molar-refractivity contribution in [2.45, 2.75) is 50.6 Å². The van der Waals surface area contributed by atoms with Gasteiger partial charge < -0.3 is 21.1 Å². The normalized spacial score (nSPS) is 21.3. The molecule has 3 atom stereocenters. The lowest BCUT2D eigenvalue weighted by molar-refractivity contribution is -0.138. The van der Waals surface area contributed by atoms with Crippen LogP contribution in [0, 0.1) is 0 Å². The summed E-state index contributed by atoms with van der Waals surface area (Å²) in [5.41, 5.74) is 9.61. The molecule has 5 heterocycles. The smallest absolute Gasteiger partial charge is 0.269 e. The number of nitrogen functional groups attached to an aromatic ring is 1. The van der Waals surface area contributed by atoms with E-state index < -0.39 is 6.61 Å². The van der Waals surface area contributed by atoms with Gasteiger partial charge in [-0.2, -0.15) is 9.61 Å². The number of carbonyl (C=O) groups excluding carboxylic acids is 3. The molecule has 0 saturated carbocycles. The van der Waals surface area contributed by atoms with Crippen LogP contribution in [0.4, 0.5) is 5.82 Å². The van der Waals surface area contributed by atoms with Crippen molar-refractivity contribution in [1.29, 1.82) is 0 Å². The van der Waals surface area contributed by atoms with E-state index in [1.807, 2.05) is 0 Å². The maximum Gasteiger partial charge on any atom is 0.269 e. The Labute approximate surface area is 201 Å². The van der Waals surface area contributed by atoms with Gasteiger partial charge in [-0.1, -0.05) is 6.07 Å². The Morgan fingerprint density at radius 3 is 2.46 bits per heavy atom. The Bertz CT molecular complexity index is 1320. The quantitative estimate of drug-likeness (QED) is 0.462. The molecule has 3 aromatic heterocycles. The van der Waals surface area contributed by atoms with E-state index in [1.54, 1.807) is 36.5 Å². The Hall–Kier alpha value is -3.86. The number of aliphatic hydroxyl groups excluding tert-OH is 1. The molecule has 5 rings (SSSR count). The molecular formula is C24H27N7O4. The van der Waals surface area contributed by atoms with Crippen molar-refractivity contribution in [3.63, 3.8) is 0 Å². The molecule has 4 N–H and O–H groups in total. The van der Waals surface area contributed by atoms with Crippen molar-refractivity contribution in [1.82, 2.24) is 29.8 Å². The molecule has 2 aliphatic rings. The number of nitrogens with zero attached hydrogens (tertiary/aromatic N) is 5. The summed E-state index contributed by atoms with van der Waals surface area (Å²) in [7, 11) is 1.54. The van der Waals surface area contributed by atoms with Crippen LogP contribution in [0.25, 0.3) is 16.8 Å². The van der Waals surface area contributed by atoms with Gasteiger partial charge in [0, 0.05) is 42.4 Å². The summed E-state index contributed by atoms with van der Waals surface area (Å²) >= 11 is 0. The van der Waals surface area contributed by atoms with Gasteiger partial charge in [0.1, 0.15) is 18.1 Å². The van der Waals surface area contributed by atoms with Gasteiger partial charge >= 0.3 is 0 Å². The molecule has 11 heteroatoms. The maximum atomic E-state index is 12.7. The standard InChI is InChI=1S/C24H27N7O4/c1-12(33)20-21(14-7-15-4-5-16(8-14)30(15)19(34)11-32)29-23-17(10-28-31(23)22(20)25)13-3-6-18(27-9-13)24(35)26-2/h3,6,9-10,14-16,32H,4-5,7-8,11,25H2,1-2H3,(H,26,35)/t14?,15-,16+. The first-order valence-corrected chi connectivity index (χ1v) is 11.6. The number of nitrogens with two attached hydrogens (primary N) is 1. The van der Waals surface area contributed by atoms with E-state index in [4.69, 9.17) is 10.7 Å². The van der Waals surface area contributed by atoms with Gasteiger partial charge in [-0.05, 0) is 38.7 Å². The van der Waals surface area contributed by atoms with E-state index >= 15 is 0 Å². The van der Waals surface area contributed by atoms with Crippen LogP contribution in [0.2, 0.25) is 0 Å². The van der Waals surface area contributed by atoms with Crippen LogP contribution in [-0.2, 0) is 4.79 Å². The number of hydrogen-bond acceptors (Lipinski definition) is 8. The number of ketones is 1. The fourth-order valence-electron chi connectivity index (χ4n) is 5.60. The highest BCUT2D eigenvalue weighted by Gasteiger charge is 2.44. The minimum Gasteiger partial charge on any atom is -0.387 e. The van der Waals surface area contributed by atoms with Crippen molar-refractivity contribution in [3.05, 3.63) is 41.5 Å². The highest BCUT2D eigenvalue weighted by atomic mass is 16.3. The van der Waals surface area contributed by atoms with Gasteiger partial charge in [-0.25, -0.2) is 4.98 Å². The second kappa shape index (κ2) is 8.73. The number of anilines is 1. The van der Waals surface area contributed by atoms with E-state index in [9.17, 15) is 19.5 Å². The fourth-order valence-corrected chi connectivity index (χ4v) is 5.60. The van der Waals surface area contributed by atoms with Gasteiger partial charge in [0.25, 0.3) is 5.91 Å².